The number of piperazine rings is 1. The summed E-state index contributed by atoms with van der Waals surface area (Å²) in [5.74, 6) is 0.176. The number of amides is 1. The molecule has 8 nitrogen and oxygen atoms in total. The first-order chi connectivity index (χ1) is 31.5. The predicted octanol–water partition coefficient (Wildman–Crippen LogP) is 14.3. The van der Waals surface area contributed by atoms with Crippen LogP contribution in [0.2, 0.25) is 0 Å². The van der Waals surface area contributed by atoms with Crippen LogP contribution in [0.1, 0.15) is 259 Å². The molecule has 0 bridgehead atoms. The average molecular weight is 905 g/mol. The van der Waals surface area contributed by atoms with Crippen molar-refractivity contribution in [1.29, 1.82) is 0 Å². The zero-order chi connectivity index (χ0) is 46.4. The molecule has 1 aliphatic heterocycles. The van der Waals surface area contributed by atoms with Gasteiger partial charge in [-0.05, 0) is 64.8 Å². The number of unbranched alkanes of at least 4 members (excludes halogenated alkanes) is 30. The Kier molecular flexibility index (Phi) is 44.5. The predicted molar refractivity (Wildman–Crippen MR) is 278 cm³/mol. The van der Waals surface area contributed by atoms with E-state index in [0.29, 0.717) is 32.9 Å². The molecule has 0 aromatic carbocycles. The SMILES string of the molecule is CCCCCCCCCN(CCCCCCCCC)CCN(CCCCCCCCC)CC(=O)N1CCN(COC(=O)CN(CCCCCCCCC)CCCCCCCCC)CC1. The molecule has 0 N–H and O–H groups in total. The third kappa shape index (κ3) is 37.8. The molecule has 0 saturated carbocycles. The Hall–Kier alpha value is -1.22. The van der Waals surface area contributed by atoms with Gasteiger partial charge in [0, 0.05) is 39.3 Å². The summed E-state index contributed by atoms with van der Waals surface area (Å²) in [4.78, 5) is 39.0. The minimum atomic E-state index is -0.0987. The van der Waals surface area contributed by atoms with Gasteiger partial charge in [0.25, 0.3) is 0 Å². The van der Waals surface area contributed by atoms with E-state index in [-0.39, 0.29) is 11.9 Å². The molecule has 0 unspecified atom stereocenters. The number of carbonyl (C=O) groups is 2. The number of rotatable bonds is 49. The molecule has 0 radical (unpaired) electrons. The second kappa shape index (κ2) is 46.9. The van der Waals surface area contributed by atoms with Gasteiger partial charge >= 0.3 is 5.97 Å². The molecular weight excluding hydrogens is 791 g/mol. The number of hydrogen-bond acceptors (Lipinski definition) is 7. The summed E-state index contributed by atoms with van der Waals surface area (Å²) in [6.45, 7) is 23.1. The van der Waals surface area contributed by atoms with E-state index in [2.05, 4.69) is 59.1 Å². The second-order valence-electron chi connectivity index (χ2n) is 20.1. The molecule has 0 spiro atoms. The quantitative estimate of drug-likeness (QED) is 0.0445. The van der Waals surface area contributed by atoms with Gasteiger partial charge in [-0.1, -0.05) is 227 Å². The lowest BCUT2D eigenvalue weighted by Crippen LogP contribution is -2.52. The molecule has 0 aromatic rings. The zero-order valence-corrected chi connectivity index (χ0v) is 44.1. The fraction of sp³-hybridized carbons (Fsp3) is 0.964. The Balaban J connectivity index is 2.68. The molecule has 0 aromatic heterocycles. The van der Waals surface area contributed by atoms with Gasteiger partial charge in [0.1, 0.15) is 6.73 Å². The Labute approximate surface area is 400 Å². The first kappa shape index (κ1) is 60.8. The van der Waals surface area contributed by atoms with Crippen LogP contribution in [0.25, 0.3) is 0 Å². The molecule has 1 saturated heterocycles. The fourth-order valence-electron chi connectivity index (χ4n) is 9.43. The van der Waals surface area contributed by atoms with Crippen molar-refractivity contribution >= 4 is 11.9 Å². The molecule has 1 aliphatic rings. The van der Waals surface area contributed by atoms with Crippen LogP contribution in [-0.4, -0.2) is 128 Å². The van der Waals surface area contributed by atoms with E-state index < -0.39 is 0 Å². The molecule has 0 aliphatic carbocycles. The summed E-state index contributed by atoms with van der Waals surface area (Å²) < 4.78 is 5.90. The zero-order valence-electron chi connectivity index (χ0n) is 44.1. The molecule has 1 rings (SSSR count). The highest BCUT2D eigenvalue weighted by molar-refractivity contribution is 5.78. The maximum atomic E-state index is 13.9. The van der Waals surface area contributed by atoms with Crippen molar-refractivity contribution in [3.05, 3.63) is 0 Å². The van der Waals surface area contributed by atoms with Gasteiger partial charge in [0.2, 0.25) is 5.91 Å². The lowest BCUT2D eigenvalue weighted by Gasteiger charge is -2.36. The normalized spacial score (nSPS) is 13.6. The van der Waals surface area contributed by atoms with Gasteiger partial charge in [0.15, 0.2) is 0 Å². The molecule has 8 heteroatoms. The highest BCUT2D eigenvalue weighted by atomic mass is 16.5. The van der Waals surface area contributed by atoms with Crippen LogP contribution in [0, 0.1) is 0 Å². The first-order valence-corrected chi connectivity index (χ1v) is 28.8. The van der Waals surface area contributed by atoms with Crippen LogP contribution in [-0.2, 0) is 14.3 Å². The van der Waals surface area contributed by atoms with E-state index in [0.717, 1.165) is 45.8 Å². The van der Waals surface area contributed by atoms with Crippen LogP contribution < -0.4 is 0 Å². The van der Waals surface area contributed by atoms with Crippen molar-refractivity contribution < 1.29 is 14.3 Å². The molecule has 380 valence electrons. The molecule has 64 heavy (non-hydrogen) atoms. The van der Waals surface area contributed by atoms with Gasteiger partial charge in [-0.3, -0.25) is 24.3 Å². The summed E-state index contributed by atoms with van der Waals surface area (Å²) in [6, 6.07) is 0. The van der Waals surface area contributed by atoms with Crippen molar-refractivity contribution in [1.82, 2.24) is 24.5 Å². The van der Waals surface area contributed by atoms with Gasteiger partial charge in [-0.2, -0.15) is 0 Å². The summed E-state index contributed by atoms with van der Waals surface area (Å²) in [7, 11) is 0. The van der Waals surface area contributed by atoms with E-state index in [9.17, 15) is 9.59 Å². The Morgan fingerprint density at radius 1 is 0.344 bits per heavy atom. The Morgan fingerprint density at radius 2 is 0.625 bits per heavy atom. The lowest BCUT2D eigenvalue weighted by atomic mass is 10.1. The minimum absolute atomic E-state index is 0.0987. The largest absolute Gasteiger partial charge is 0.449 e. The van der Waals surface area contributed by atoms with Gasteiger partial charge in [0.05, 0.1) is 13.1 Å². The van der Waals surface area contributed by atoms with Crippen molar-refractivity contribution in [3.8, 4) is 0 Å². The highest BCUT2D eigenvalue weighted by Crippen LogP contribution is 2.14. The number of esters is 1. The smallest absolute Gasteiger partial charge is 0.321 e. The third-order valence-electron chi connectivity index (χ3n) is 14.0. The second-order valence-corrected chi connectivity index (χ2v) is 20.1. The summed E-state index contributed by atoms with van der Waals surface area (Å²) in [5, 5.41) is 0. The standard InChI is InChI=1S/C56H113N5O3/c1-6-11-16-21-26-31-36-41-57(42-37-32-27-22-17-12-7-2)46-47-59(45-40-35-30-25-20-15-10-5)52-55(62)61-50-48-60(49-51-61)54-64-56(63)53-58(43-38-33-28-23-18-13-8-3)44-39-34-29-24-19-14-9-4/h6-54H2,1-5H3. The summed E-state index contributed by atoms with van der Waals surface area (Å²) >= 11 is 0. The molecule has 0 atom stereocenters. The van der Waals surface area contributed by atoms with Crippen LogP contribution in [0.4, 0.5) is 0 Å². The van der Waals surface area contributed by atoms with Gasteiger partial charge < -0.3 is 14.5 Å². The number of nitrogens with zero attached hydrogens (tertiary/aromatic N) is 5. The molecular formula is C56H113N5O3. The molecule has 1 amide bonds. The fourth-order valence-corrected chi connectivity index (χ4v) is 9.43. The average Bonchev–Trinajstić information content (AvgIpc) is 3.30. The van der Waals surface area contributed by atoms with E-state index in [1.807, 2.05) is 0 Å². The minimum Gasteiger partial charge on any atom is -0.449 e. The summed E-state index contributed by atoms with van der Waals surface area (Å²) in [6.07, 6.45) is 46.2. The maximum absolute atomic E-state index is 13.9. The lowest BCUT2D eigenvalue weighted by molar-refractivity contribution is -0.152. The number of hydrogen-bond donors (Lipinski definition) is 0. The molecule has 1 fully saturated rings. The third-order valence-corrected chi connectivity index (χ3v) is 14.0. The highest BCUT2D eigenvalue weighted by Gasteiger charge is 2.24. The van der Waals surface area contributed by atoms with Crippen LogP contribution in [0.5, 0.6) is 0 Å². The van der Waals surface area contributed by atoms with E-state index >= 15 is 0 Å². The van der Waals surface area contributed by atoms with Crippen LogP contribution >= 0.6 is 0 Å². The van der Waals surface area contributed by atoms with Crippen LogP contribution in [0.3, 0.4) is 0 Å². The van der Waals surface area contributed by atoms with Crippen molar-refractivity contribution in [3.63, 3.8) is 0 Å². The first-order valence-electron chi connectivity index (χ1n) is 28.8. The number of ether oxygens (including phenoxy) is 1. The van der Waals surface area contributed by atoms with E-state index in [4.69, 9.17) is 4.74 Å². The van der Waals surface area contributed by atoms with Crippen molar-refractivity contribution in [2.45, 2.75) is 259 Å². The topological polar surface area (TPSA) is 59.6 Å². The van der Waals surface area contributed by atoms with Gasteiger partial charge in [-0.25, -0.2) is 0 Å². The Bertz CT molecular complexity index is 956. The van der Waals surface area contributed by atoms with Crippen molar-refractivity contribution in [2.24, 2.45) is 0 Å². The summed E-state index contributed by atoms with van der Waals surface area (Å²) in [5.41, 5.74) is 0. The number of carbonyl (C=O) groups excluding carboxylic acids is 2. The maximum Gasteiger partial charge on any atom is 0.321 e. The Morgan fingerprint density at radius 3 is 0.969 bits per heavy atom. The molecule has 1 heterocycles. The van der Waals surface area contributed by atoms with Crippen LogP contribution in [0.15, 0.2) is 0 Å². The van der Waals surface area contributed by atoms with E-state index in [1.54, 1.807) is 0 Å². The van der Waals surface area contributed by atoms with Crippen molar-refractivity contribution in [2.75, 3.05) is 91.8 Å². The van der Waals surface area contributed by atoms with E-state index in [1.165, 1.54) is 238 Å². The monoisotopic (exact) mass is 904 g/mol. The van der Waals surface area contributed by atoms with Gasteiger partial charge in [-0.15, -0.1) is 0 Å².